The van der Waals surface area contributed by atoms with Gasteiger partial charge in [-0.2, -0.15) is 0 Å². The van der Waals surface area contributed by atoms with E-state index in [0.29, 0.717) is 6.10 Å². The molecule has 0 radical (unpaired) electrons. The molecule has 104 valence electrons. The van der Waals surface area contributed by atoms with Crippen molar-refractivity contribution in [1.29, 1.82) is 0 Å². The van der Waals surface area contributed by atoms with E-state index in [0.717, 1.165) is 57.3 Å². The lowest BCUT2D eigenvalue weighted by molar-refractivity contribution is 0.0952. The number of para-hydroxylation sites is 1. The number of fused-ring (bicyclic) bond motifs is 1. The van der Waals surface area contributed by atoms with Gasteiger partial charge in [0, 0.05) is 51.6 Å². The van der Waals surface area contributed by atoms with Crippen LogP contribution in [0.1, 0.15) is 5.56 Å². The van der Waals surface area contributed by atoms with Crippen LogP contribution in [0.2, 0.25) is 0 Å². The Morgan fingerprint density at radius 2 is 1.84 bits per heavy atom. The van der Waals surface area contributed by atoms with Crippen LogP contribution in [-0.2, 0) is 6.42 Å². The SMILES string of the molecule is ClCCN1CCN(CC2Cc3ccccc3O2)CC1. The highest BCUT2D eigenvalue weighted by molar-refractivity contribution is 6.18. The van der Waals surface area contributed by atoms with Crippen molar-refractivity contribution in [1.82, 2.24) is 9.80 Å². The molecule has 0 N–H and O–H groups in total. The van der Waals surface area contributed by atoms with Crippen molar-refractivity contribution in [3.8, 4) is 5.75 Å². The van der Waals surface area contributed by atoms with Gasteiger partial charge in [-0.15, -0.1) is 11.6 Å². The molecule has 0 bridgehead atoms. The minimum absolute atomic E-state index is 0.331. The summed E-state index contributed by atoms with van der Waals surface area (Å²) in [7, 11) is 0. The number of benzene rings is 1. The van der Waals surface area contributed by atoms with Gasteiger partial charge in [-0.1, -0.05) is 18.2 Å². The highest BCUT2D eigenvalue weighted by Gasteiger charge is 2.26. The molecule has 0 amide bonds. The number of nitrogens with zero attached hydrogens (tertiary/aromatic N) is 2. The summed E-state index contributed by atoms with van der Waals surface area (Å²) in [6, 6.07) is 8.39. The zero-order valence-corrected chi connectivity index (χ0v) is 12.0. The molecule has 0 aliphatic carbocycles. The topological polar surface area (TPSA) is 15.7 Å². The lowest BCUT2D eigenvalue weighted by Crippen LogP contribution is -2.49. The first-order valence-electron chi connectivity index (χ1n) is 7.10. The predicted octanol–water partition coefficient (Wildman–Crippen LogP) is 1.85. The second-order valence-corrected chi connectivity index (χ2v) is 5.76. The molecule has 1 aromatic carbocycles. The fraction of sp³-hybridized carbons (Fsp3) is 0.600. The maximum Gasteiger partial charge on any atom is 0.123 e. The average molecular weight is 281 g/mol. The third-order valence-electron chi connectivity index (χ3n) is 4.04. The van der Waals surface area contributed by atoms with E-state index in [4.69, 9.17) is 16.3 Å². The highest BCUT2D eigenvalue weighted by Crippen LogP contribution is 2.28. The van der Waals surface area contributed by atoms with Crippen LogP contribution >= 0.6 is 11.6 Å². The van der Waals surface area contributed by atoms with Gasteiger partial charge in [0.1, 0.15) is 11.9 Å². The third kappa shape index (κ3) is 3.22. The summed E-state index contributed by atoms with van der Waals surface area (Å²) in [6.45, 7) is 6.59. The standard InChI is InChI=1S/C15H21ClN2O/c16-5-6-17-7-9-18(10-8-17)12-14-11-13-3-1-2-4-15(13)19-14/h1-4,14H,5-12H2. The number of rotatable bonds is 4. The number of halogens is 1. The number of hydrogen-bond acceptors (Lipinski definition) is 3. The molecule has 1 aromatic rings. The summed E-state index contributed by atoms with van der Waals surface area (Å²) >= 11 is 5.79. The van der Waals surface area contributed by atoms with Gasteiger partial charge in [-0.05, 0) is 11.6 Å². The van der Waals surface area contributed by atoms with Crippen LogP contribution in [0.25, 0.3) is 0 Å². The molecule has 2 aliphatic rings. The molecular weight excluding hydrogens is 260 g/mol. The van der Waals surface area contributed by atoms with Crippen LogP contribution in [0.4, 0.5) is 0 Å². The molecule has 2 aliphatic heterocycles. The summed E-state index contributed by atoms with van der Waals surface area (Å²) in [5.41, 5.74) is 1.35. The van der Waals surface area contributed by atoms with Gasteiger partial charge in [-0.25, -0.2) is 0 Å². The molecule has 1 fully saturated rings. The van der Waals surface area contributed by atoms with Gasteiger partial charge < -0.3 is 4.74 Å². The molecule has 1 saturated heterocycles. The molecule has 3 rings (SSSR count). The Hall–Kier alpha value is -0.770. The summed E-state index contributed by atoms with van der Waals surface area (Å²) in [4.78, 5) is 4.95. The summed E-state index contributed by atoms with van der Waals surface area (Å²) in [5, 5.41) is 0. The molecule has 0 aromatic heterocycles. The van der Waals surface area contributed by atoms with E-state index >= 15 is 0 Å². The molecule has 0 spiro atoms. The van der Waals surface area contributed by atoms with Crippen molar-refractivity contribution in [3.05, 3.63) is 29.8 Å². The van der Waals surface area contributed by atoms with Crippen LogP contribution in [0.3, 0.4) is 0 Å². The van der Waals surface area contributed by atoms with Crippen LogP contribution in [0.5, 0.6) is 5.75 Å². The number of ether oxygens (including phenoxy) is 1. The van der Waals surface area contributed by atoms with Gasteiger partial charge in [0.15, 0.2) is 0 Å². The Balaban J connectivity index is 1.47. The van der Waals surface area contributed by atoms with Crippen LogP contribution in [0.15, 0.2) is 24.3 Å². The van der Waals surface area contributed by atoms with Gasteiger partial charge in [0.05, 0.1) is 0 Å². The van der Waals surface area contributed by atoms with Crippen LogP contribution < -0.4 is 4.74 Å². The van der Waals surface area contributed by atoms with E-state index < -0.39 is 0 Å². The number of piperazine rings is 1. The fourth-order valence-electron chi connectivity index (χ4n) is 2.96. The van der Waals surface area contributed by atoms with Crippen molar-refractivity contribution in [2.75, 3.05) is 45.1 Å². The van der Waals surface area contributed by atoms with E-state index in [1.54, 1.807) is 0 Å². The normalized spacial score (nSPS) is 24.2. The fourth-order valence-corrected chi connectivity index (χ4v) is 3.20. The first-order valence-corrected chi connectivity index (χ1v) is 7.64. The summed E-state index contributed by atoms with van der Waals surface area (Å²) < 4.78 is 6.01. The second kappa shape index (κ2) is 6.12. The van der Waals surface area contributed by atoms with Gasteiger partial charge >= 0.3 is 0 Å². The van der Waals surface area contributed by atoms with Gasteiger partial charge in [-0.3, -0.25) is 9.80 Å². The molecule has 3 nitrogen and oxygen atoms in total. The average Bonchev–Trinajstić information content (AvgIpc) is 2.83. The molecule has 19 heavy (non-hydrogen) atoms. The van der Waals surface area contributed by atoms with Crippen molar-refractivity contribution >= 4 is 11.6 Å². The lowest BCUT2D eigenvalue weighted by atomic mass is 10.1. The van der Waals surface area contributed by atoms with Gasteiger partial charge in [0.25, 0.3) is 0 Å². The third-order valence-corrected chi connectivity index (χ3v) is 4.21. The van der Waals surface area contributed by atoms with Crippen molar-refractivity contribution in [2.45, 2.75) is 12.5 Å². The highest BCUT2D eigenvalue weighted by atomic mass is 35.5. The van der Waals surface area contributed by atoms with Crippen LogP contribution in [0, 0.1) is 0 Å². The minimum Gasteiger partial charge on any atom is -0.488 e. The Morgan fingerprint density at radius 1 is 1.11 bits per heavy atom. The number of hydrogen-bond donors (Lipinski definition) is 0. The monoisotopic (exact) mass is 280 g/mol. The first kappa shape index (κ1) is 13.2. The number of alkyl halides is 1. The maximum atomic E-state index is 6.01. The van der Waals surface area contributed by atoms with E-state index in [2.05, 4.69) is 28.0 Å². The molecule has 4 heteroatoms. The summed E-state index contributed by atoms with van der Waals surface area (Å²) in [5.74, 6) is 1.81. The molecule has 2 heterocycles. The quantitative estimate of drug-likeness (QED) is 0.783. The molecule has 0 saturated carbocycles. The second-order valence-electron chi connectivity index (χ2n) is 5.38. The zero-order chi connectivity index (χ0) is 13.1. The van der Waals surface area contributed by atoms with Crippen molar-refractivity contribution < 1.29 is 4.74 Å². The molecule has 1 atom stereocenters. The van der Waals surface area contributed by atoms with Crippen molar-refractivity contribution in [2.24, 2.45) is 0 Å². The Morgan fingerprint density at radius 3 is 2.58 bits per heavy atom. The first-order chi connectivity index (χ1) is 9.35. The van der Waals surface area contributed by atoms with Crippen LogP contribution in [-0.4, -0.2) is 61.1 Å². The van der Waals surface area contributed by atoms with E-state index in [1.807, 2.05) is 6.07 Å². The lowest BCUT2D eigenvalue weighted by Gasteiger charge is -2.35. The maximum absolute atomic E-state index is 6.01. The molecular formula is C15H21ClN2O. The Kier molecular flexibility index (Phi) is 4.26. The van der Waals surface area contributed by atoms with E-state index in [9.17, 15) is 0 Å². The van der Waals surface area contributed by atoms with Crippen molar-refractivity contribution in [3.63, 3.8) is 0 Å². The smallest absolute Gasteiger partial charge is 0.123 e. The summed E-state index contributed by atoms with van der Waals surface area (Å²) in [6.07, 6.45) is 1.38. The van der Waals surface area contributed by atoms with Gasteiger partial charge in [0.2, 0.25) is 0 Å². The minimum atomic E-state index is 0.331. The van der Waals surface area contributed by atoms with E-state index in [1.165, 1.54) is 5.56 Å². The zero-order valence-electron chi connectivity index (χ0n) is 11.2. The van der Waals surface area contributed by atoms with E-state index in [-0.39, 0.29) is 0 Å². The largest absolute Gasteiger partial charge is 0.488 e. The Bertz CT molecular complexity index is 393. The Labute approximate surface area is 120 Å². The molecule has 1 unspecified atom stereocenters. The predicted molar refractivity (Wildman–Crippen MR) is 78.2 cm³/mol.